The summed E-state index contributed by atoms with van der Waals surface area (Å²) >= 11 is 0. The van der Waals surface area contributed by atoms with Crippen LogP contribution in [0.3, 0.4) is 0 Å². The van der Waals surface area contributed by atoms with Crippen LogP contribution in [0.25, 0.3) is 0 Å². The monoisotopic (exact) mass is 180 g/mol. The van der Waals surface area contributed by atoms with Crippen molar-refractivity contribution < 1.29 is 4.74 Å². The minimum atomic E-state index is 0.248. The maximum Gasteiger partial charge on any atom is 0.0719 e. The molecule has 0 aliphatic carbocycles. The molecule has 0 aliphatic rings. The lowest BCUT2D eigenvalue weighted by Crippen LogP contribution is -2.19. The predicted octanol–water partition coefficient (Wildman–Crippen LogP) is 1.92. The van der Waals surface area contributed by atoms with E-state index in [1.54, 1.807) is 12.4 Å². The van der Waals surface area contributed by atoms with E-state index in [9.17, 15) is 0 Å². The van der Waals surface area contributed by atoms with E-state index in [2.05, 4.69) is 17.2 Å². The molecule has 1 N–H and O–H groups in total. The number of hydrogen-bond donors (Lipinski definition) is 1. The number of nitrogens with one attached hydrogen (secondary N) is 1. The Hall–Kier alpha value is -1.09. The number of rotatable bonds is 5. The van der Waals surface area contributed by atoms with Crippen molar-refractivity contribution >= 4 is 5.69 Å². The summed E-state index contributed by atoms with van der Waals surface area (Å²) in [7, 11) is 0. The molecule has 3 heteroatoms. The van der Waals surface area contributed by atoms with Crippen molar-refractivity contribution in [3.63, 3.8) is 0 Å². The van der Waals surface area contributed by atoms with E-state index in [-0.39, 0.29) is 6.10 Å². The van der Waals surface area contributed by atoms with Gasteiger partial charge in [-0.1, -0.05) is 0 Å². The molecule has 72 valence electrons. The van der Waals surface area contributed by atoms with Gasteiger partial charge in [-0.05, 0) is 26.0 Å². The van der Waals surface area contributed by atoms with Crippen molar-refractivity contribution in [3.8, 4) is 0 Å². The van der Waals surface area contributed by atoms with Crippen LogP contribution < -0.4 is 5.32 Å². The summed E-state index contributed by atoms with van der Waals surface area (Å²) in [5.74, 6) is 0. The molecule has 1 aromatic heterocycles. The number of ether oxygens (including phenoxy) is 1. The molecule has 0 amide bonds. The summed E-state index contributed by atoms with van der Waals surface area (Å²) in [6.45, 7) is 5.65. The van der Waals surface area contributed by atoms with Crippen LogP contribution in [0.2, 0.25) is 0 Å². The highest BCUT2D eigenvalue weighted by Gasteiger charge is 1.99. The van der Waals surface area contributed by atoms with Gasteiger partial charge < -0.3 is 10.1 Å². The first kappa shape index (κ1) is 9.99. The Morgan fingerprint density at radius 1 is 1.46 bits per heavy atom. The highest BCUT2D eigenvalue weighted by atomic mass is 16.5. The second-order valence-electron chi connectivity index (χ2n) is 2.88. The number of nitrogens with zero attached hydrogens (tertiary/aromatic N) is 1. The Morgan fingerprint density at radius 2 is 2.15 bits per heavy atom. The van der Waals surface area contributed by atoms with E-state index in [1.165, 1.54) is 0 Å². The van der Waals surface area contributed by atoms with E-state index >= 15 is 0 Å². The fourth-order valence-electron chi connectivity index (χ4n) is 1.07. The van der Waals surface area contributed by atoms with Crippen molar-refractivity contribution in [2.24, 2.45) is 0 Å². The number of anilines is 1. The minimum absolute atomic E-state index is 0.248. The van der Waals surface area contributed by atoms with Crippen LogP contribution in [0.15, 0.2) is 24.5 Å². The smallest absolute Gasteiger partial charge is 0.0719 e. The molecule has 0 aliphatic heterocycles. The normalized spacial score (nSPS) is 12.5. The average molecular weight is 180 g/mol. The van der Waals surface area contributed by atoms with Gasteiger partial charge in [0, 0.05) is 31.2 Å². The molecular weight excluding hydrogens is 164 g/mol. The molecule has 1 atom stereocenters. The number of pyridine rings is 1. The van der Waals surface area contributed by atoms with Gasteiger partial charge in [0.1, 0.15) is 0 Å². The van der Waals surface area contributed by atoms with Crippen LogP contribution in [0.1, 0.15) is 13.8 Å². The Balaban J connectivity index is 2.27. The molecule has 0 saturated heterocycles. The summed E-state index contributed by atoms with van der Waals surface area (Å²) in [6.07, 6.45) is 3.79. The minimum Gasteiger partial charge on any atom is -0.382 e. The predicted molar refractivity (Wildman–Crippen MR) is 53.8 cm³/mol. The molecule has 1 unspecified atom stereocenters. The molecule has 0 fully saturated rings. The van der Waals surface area contributed by atoms with Crippen LogP contribution in [-0.4, -0.2) is 24.2 Å². The zero-order valence-electron chi connectivity index (χ0n) is 8.16. The van der Waals surface area contributed by atoms with Gasteiger partial charge in [-0.3, -0.25) is 4.98 Å². The molecule has 0 spiro atoms. The molecule has 1 aromatic rings. The molecule has 13 heavy (non-hydrogen) atoms. The van der Waals surface area contributed by atoms with Crippen LogP contribution in [0.5, 0.6) is 0 Å². The third kappa shape index (κ3) is 3.90. The van der Waals surface area contributed by atoms with Gasteiger partial charge in [-0.15, -0.1) is 0 Å². The second kappa shape index (κ2) is 5.54. The number of aromatic nitrogens is 1. The highest BCUT2D eigenvalue weighted by molar-refractivity contribution is 5.40. The third-order valence-corrected chi connectivity index (χ3v) is 1.73. The summed E-state index contributed by atoms with van der Waals surface area (Å²) in [5.41, 5.74) is 1.08. The summed E-state index contributed by atoms with van der Waals surface area (Å²) in [5, 5.41) is 3.26. The summed E-state index contributed by atoms with van der Waals surface area (Å²) in [6, 6.07) is 3.89. The van der Waals surface area contributed by atoms with Crippen LogP contribution in [-0.2, 0) is 4.74 Å². The van der Waals surface area contributed by atoms with E-state index in [1.807, 2.05) is 19.1 Å². The molecule has 0 radical (unpaired) electrons. The highest BCUT2D eigenvalue weighted by Crippen LogP contribution is 2.03. The van der Waals surface area contributed by atoms with Crippen LogP contribution >= 0.6 is 0 Å². The van der Waals surface area contributed by atoms with E-state index in [0.717, 1.165) is 18.8 Å². The summed E-state index contributed by atoms with van der Waals surface area (Å²) < 4.78 is 5.39. The Kier molecular flexibility index (Phi) is 4.26. The van der Waals surface area contributed by atoms with Crippen molar-refractivity contribution in [2.45, 2.75) is 20.0 Å². The third-order valence-electron chi connectivity index (χ3n) is 1.73. The molecule has 0 bridgehead atoms. The first-order chi connectivity index (χ1) is 6.33. The lowest BCUT2D eigenvalue weighted by Gasteiger charge is -2.12. The topological polar surface area (TPSA) is 34.1 Å². The Morgan fingerprint density at radius 3 is 2.77 bits per heavy atom. The summed E-state index contributed by atoms with van der Waals surface area (Å²) in [4.78, 5) is 3.94. The lowest BCUT2D eigenvalue weighted by atomic mass is 10.3. The standard InChI is InChI=1S/C10H16N2O/c1-3-13-9(2)8-12-10-4-6-11-7-5-10/h4-7,9H,3,8H2,1-2H3,(H,11,12). The van der Waals surface area contributed by atoms with Crippen molar-refractivity contribution in [1.82, 2.24) is 4.98 Å². The second-order valence-corrected chi connectivity index (χ2v) is 2.88. The Bertz CT molecular complexity index is 226. The van der Waals surface area contributed by atoms with Crippen molar-refractivity contribution in [2.75, 3.05) is 18.5 Å². The van der Waals surface area contributed by atoms with E-state index in [0.29, 0.717) is 0 Å². The zero-order chi connectivity index (χ0) is 9.52. The molecule has 0 saturated carbocycles. The maximum atomic E-state index is 5.39. The SMILES string of the molecule is CCOC(C)CNc1ccncc1. The van der Waals surface area contributed by atoms with E-state index < -0.39 is 0 Å². The molecule has 1 heterocycles. The quantitative estimate of drug-likeness (QED) is 0.751. The Labute approximate surface area is 79.1 Å². The fraction of sp³-hybridized carbons (Fsp3) is 0.500. The van der Waals surface area contributed by atoms with Gasteiger partial charge in [0.15, 0.2) is 0 Å². The van der Waals surface area contributed by atoms with Gasteiger partial charge in [0.05, 0.1) is 6.10 Å². The lowest BCUT2D eigenvalue weighted by molar-refractivity contribution is 0.0855. The van der Waals surface area contributed by atoms with Gasteiger partial charge in [-0.25, -0.2) is 0 Å². The van der Waals surface area contributed by atoms with Crippen molar-refractivity contribution in [3.05, 3.63) is 24.5 Å². The van der Waals surface area contributed by atoms with E-state index in [4.69, 9.17) is 4.74 Å². The molecule has 1 rings (SSSR count). The molecule has 0 aromatic carbocycles. The molecular formula is C10H16N2O. The van der Waals surface area contributed by atoms with Gasteiger partial charge in [0.25, 0.3) is 0 Å². The largest absolute Gasteiger partial charge is 0.382 e. The fourth-order valence-corrected chi connectivity index (χ4v) is 1.07. The van der Waals surface area contributed by atoms with Crippen molar-refractivity contribution in [1.29, 1.82) is 0 Å². The van der Waals surface area contributed by atoms with Crippen LogP contribution in [0.4, 0.5) is 5.69 Å². The molecule has 3 nitrogen and oxygen atoms in total. The zero-order valence-corrected chi connectivity index (χ0v) is 8.16. The average Bonchev–Trinajstić information content (AvgIpc) is 2.17. The van der Waals surface area contributed by atoms with Gasteiger partial charge >= 0.3 is 0 Å². The van der Waals surface area contributed by atoms with Crippen LogP contribution in [0, 0.1) is 0 Å². The van der Waals surface area contributed by atoms with Gasteiger partial charge in [0.2, 0.25) is 0 Å². The maximum absolute atomic E-state index is 5.39. The first-order valence-electron chi connectivity index (χ1n) is 4.58. The first-order valence-corrected chi connectivity index (χ1v) is 4.58. The van der Waals surface area contributed by atoms with Gasteiger partial charge in [-0.2, -0.15) is 0 Å². The number of hydrogen-bond acceptors (Lipinski definition) is 3.